The lowest BCUT2D eigenvalue weighted by Crippen LogP contribution is -2.65. The van der Waals surface area contributed by atoms with Gasteiger partial charge >= 0.3 is 6.09 Å². The molecular formula is C28H46ClN3O7. The zero-order chi connectivity index (χ0) is 28.4. The second kappa shape index (κ2) is 10.7. The first kappa shape index (κ1) is 29.5. The van der Waals surface area contributed by atoms with Crippen LogP contribution in [0.15, 0.2) is 0 Å². The Hall–Kier alpha value is -1.01. The molecule has 0 radical (unpaired) electrons. The van der Waals surface area contributed by atoms with Gasteiger partial charge in [0.1, 0.15) is 5.60 Å². The minimum Gasteiger partial charge on any atom is -0.444 e. The van der Waals surface area contributed by atoms with Crippen LogP contribution in [-0.4, -0.2) is 114 Å². The Morgan fingerprint density at radius 1 is 1.15 bits per heavy atom. The number of Topliss-reactive ketones (excluding diaryl/α,β-unsaturated/α-hetero) is 1. The molecule has 0 aromatic carbocycles. The molecule has 1 amide bonds. The van der Waals surface area contributed by atoms with Gasteiger partial charge in [-0.2, -0.15) is 0 Å². The molecule has 2 saturated carbocycles. The molecular weight excluding hydrogens is 526 g/mol. The molecule has 5 aliphatic rings. The van der Waals surface area contributed by atoms with E-state index in [0.717, 1.165) is 12.8 Å². The van der Waals surface area contributed by atoms with Crippen LogP contribution in [0, 0.1) is 23.7 Å². The van der Waals surface area contributed by atoms with E-state index in [1.807, 2.05) is 34.7 Å². The number of likely N-dealkylation sites (tertiary alicyclic amines) is 1. The standard InChI is InChI=1S/C28H46ClN3O7/c1-14-12-16-19(22(31(5)30-16)15-8-10-32(11-9-15)26(35)39-27(2,3)4)24(33)28(14)25(34)20-17(36-6)13-18(37-7)21(29)23(20)38-28/h14-24,30,33H,8-13H2,1-7H3/t14-,16?,17?,18?,19?,20?,21?,22?,23?,24?,28+/m1/s1. The maximum absolute atomic E-state index is 14.3. The van der Waals surface area contributed by atoms with Crippen LogP contribution in [-0.2, 0) is 23.7 Å². The van der Waals surface area contributed by atoms with Gasteiger partial charge in [0, 0.05) is 58.8 Å². The third-order valence-electron chi connectivity index (χ3n) is 10.0. The van der Waals surface area contributed by atoms with Crippen LogP contribution in [0.1, 0.15) is 53.4 Å². The molecule has 9 unspecified atom stereocenters. The SMILES string of the molecule is COC1CC(OC)C2C(=O)[C@@]3(OC2C1Cl)C(O)C1C(C[C@H]3C)NN(C)C1C1CCN(C(=O)OC(C)(C)C)CC1. The lowest BCUT2D eigenvalue weighted by molar-refractivity contribution is -0.195. The highest BCUT2D eigenvalue weighted by molar-refractivity contribution is 6.22. The smallest absolute Gasteiger partial charge is 0.410 e. The second-order valence-corrected chi connectivity index (χ2v) is 13.8. The lowest BCUT2D eigenvalue weighted by Gasteiger charge is -2.49. The fraction of sp³-hybridized carbons (Fsp3) is 0.929. The van der Waals surface area contributed by atoms with E-state index >= 15 is 0 Å². The van der Waals surface area contributed by atoms with Gasteiger partial charge in [0.05, 0.1) is 35.7 Å². The van der Waals surface area contributed by atoms with Crippen molar-refractivity contribution in [1.29, 1.82) is 0 Å². The topological polar surface area (TPSA) is 110 Å². The number of carbonyl (C=O) groups excluding carboxylic acids is 2. The summed E-state index contributed by atoms with van der Waals surface area (Å²) < 4.78 is 23.6. The van der Waals surface area contributed by atoms with Gasteiger partial charge in [-0.15, -0.1) is 11.6 Å². The van der Waals surface area contributed by atoms with Gasteiger partial charge in [-0.25, -0.2) is 9.80 Å². The molecule has 5 fully saturated rings. The van der Waals surface area contributed by atoms with Gasteiger partial charge in [-0.3, -0.25) is 10.2 Å². The number of hydrazine groups is 1. The summed E-state index contributed by atoms with van der Waals surface area (Å²) in [6, 6.07) is 0.0150. The molecule has 11 heteroatoms. The maximum atomic E-state index is 14.3. The van der Waals surface area contributed by atoms with E-state index < -0.39 is 34.7 Å². The number of nitrogens with zero attached hydrogens (tertiary/aromatic N) is 2. The minimum atomic E-state index is -1.34. The number of halogens is 1. The number of fused-ring (bicyclic) bond motifs is 2. The van der Waals surface area contributed by atoms with Crippen LogP contribution in [0.2, 0.25) is 0 Å². The summed E-state index contributed by atoms with van der Waals surface area (Å²) in [6.45, 7) is 8.81. The summed E-state index contributed by atoms with van der Waals surface area (Å²) in [6.07, 6.45) is 0.238. The van der Waals surface area contributed by atoms with E-state index in [4.69, 9.17) is 30.5 Å². The number of aliphatic hydroxyl groups is 1. The molecule has 1 spiro atoms. The zero-order valence-electron chi connectivity index (χ0n) is 24.3. The normalized spacial score (nSPS) is 45.5. The van der Waals surface area contributed by atoms with Gasteiger partial charge in [-0.1, -0.05) is 6.92 Å². The molecule has 0 aromatic heterocycles. The Bertz CT molecular complexity index is 941. The molecule has 0 bridgehead atoms. The van der Waals surface area contributed by atoms with E-state index in [0.29, 0.717) is 25.9 Å². The van der Waals surface area contributed by atoms with Crippen molar-refractivity contribution in [3.63, 3.8) is 0 Å². The van der Waals surface area contributed by atoms with Crippen molar-refractivity contribution < 1.29 is 33.6 Å². The van der Waals surface area contributed by atoms with E-state index in [1.54, 1.807) is 19.1 Å². The van der Waals surface area contributed by atoms with E-state index in [1.165, 1.54) is 0 Å². The largest absolute Gasteiger partial charge is 0.444 e. The van der Waals surface area contributed by atoms with E-state index in [2.05, 4.69) is 10.4 Å². The number of nitrogens with one attached hydrogen (secondary N) is 1. The quantitative estimate of drug-likeness (QED) is 0.493. The van der Waals surface area contributed by atoms with E-state index in [9.17, 15) is 14.7 Å². The molecule has 5 rings (SSSR count). The summed E-state index contributed by atoms with van der Waals surface area (Å²) >= 11 is 6.83. The van der Waals surface area contributed by atoms with E-state index in [-0.39, 0.29) is 53.9 Å². The van der Waals surface area contributed by atoms with Gasteiger partial charge < -0.3 is 29.0 Å². The molecule has 222 valence electrons. The van der Waals surface area contributed by atoms with Crippen molar-refractivity contribution in [3.05, 3.63) is 0 Å². The fourth-order valence-corrected chi connectivity index (χ4v) is 8.64. The summed E-state index contributed by atoms with van der Waals surface area (Å²) in [5.74, 6) is -0.809. The van der Waals surface area contributed by atoms with Crippen molar-refractivity contribution >= 4 is 23.5 Å². The summed E-state index contributed by atoms with van der Waals surface area (Å²) in [4.78, 5) is 28.7. The average molecular weight is 572 g/mol. The molecule has 3 saturated heterocycles. The Morgan fingerprint density at radius 2 is 1.79 bits per heavy atom. The number of rotatable bonds is 3. The van der Waals surface area contributed by atoms with Crippen molar-refractivity contribution in [2.45, 2.75) is 106 Å². The highest BCUT2D eigenvalue weighted by Crippen LogP contribution is 2.55. The number of aliphatic hydroxyl groups excluding tert-OH is 1. The molecule has 11 atom stereocenters. The van der Waals surface area contributed by atoms with Gasteiger partial charge in [0.2, 0.25) is 0 Å². The molecule has 3 aliphatic heterocycles. The summed E-state index contributed by atoms with van der Waals surface area (Å²) in [5.41, 5.74) is 1.71. The first-order valence-corrected chi connectivity index (χ1v) is 14.8. The number of ether oxygens (including phenoxy) is 4. The van der Waals surface area contributed by atoms with Crippen molar-refractivity contribution in [2.75, 3.05) is 34.4 Å². The Labute approximate surface area is 236 Å². The molecule has 10 nitrogen and oxygen atoms in total. The Kier molecular flexibility index (Phi) is 8.07. The lowest BCUT2D eigenvalue weighted by atomic mass is 9.61. The van der Waals surface area contributed by atoms with Gasteiger partial charge in [0.15, 0.2) is 11.4 Å². The van der Waals surface area contributed by atoms with Crippen molar-refractivity contribution in [1.82, 2.24) is 15.3 Å². The number of piperidine rings is 1. The number of alkyl halides is 1. The highest BCUT2D eigenvalue weighted by Gasteiger charge is 2.71. The Balaban J connectivity index is 1.37. The fourth-order valence-electron chi connectivity index (χ4n) is 8.23. The third kappa shape index (κ3) is 4.81. The van der Waals surface area contributed by atoms with Crippen LogP contribution >= 0.6 is 11.6 Å². The number of carbonyl (C=O) groups is 2. The summed E-state index contributed by atoms with van der Waals surface area (Å²) in [7, 11) is 5.23. The third-order valence-corrected chi connectivity index (χ3v) is 10.5. The Morgan fingerprint density at radius 3 is 2.38 bits per heavy atom. The number of hydrogen-bond acceptors (Lipinski definition) is 9. The highest BCUT2D eigenvalue weighted by atomic mass is 35.5. The predicted molar refractivity (Wildman–Crippen MR) is 144 cm³/mol. The zero-order valence-corrected chi connectivity index (χ0v) is 25.0. The van der Waals surface area contributed by atoms with Crippen LogP contribution < -0.4 is 5.43 Å². The number of hydrogen-bond donors (Lipinski definition) is 2. The molecule has 39 heavy (non-hydrogen) atoms. The average Bonchev–Trinajstić information content (AvgIpc) is 3.37. The molecule has 3 heterocycles. The second-order valence-electron chi connectivity index (χ2n) is 13.3. The first-order chi connectivity index (χ1) is 18.3. The van der Waals surface area contributed by atoms with Gasteiger partial charge in [0.25, 0.3) is 0 Å². The maximum Gasteiger partial charge on any atom is 0.410 e. The van der Waals surface area contributed by atoms with Crippen molar-refractivity contribution in [3.8, 4) is 0 Å². The summed E-state index contributed by atoms with van der Waals surface area (Å²) in [5, 5.41) is 13.8. The molecule has 0 aromatic rings. The number of methoxy groups -OCH3 is 2. The minimum absolute atomic E-state index is 0.00839. The van der Waals surface area contributed by atoms with Crippen LogP contribution in [0.25, 0.3) is 0 Å². The number of amides is 1. The van der Waals surface area contributed by atoms with Crippen LogP contribution in [0.5, 0.6) is 0 Å². The van der Waals surface area contributed by atoms with Crippen LogP contribution in [0.3, 0.4) is 0 Å². The van der Waals surface area contributed by atoms with Gasteiger partial charge in [-0.05, 0) is 51.9 Å². The number of ketones is 1. The van der Waals surface area contributed by atoms with Crippen LogP contribution in [0.4, 0.5) is 4.79 Å². The molecule has 2 aliphatic carbocycles. The predicted octanol–water partition coefficient (Wildman–Crippen LogP) is 2.20. The molecule has 2 N–H and O–H groups in total. The monoisotopic (exact) mass is 571 g/mol. The van der Waals surface area contributed by atoms with Crippen molar-refractivity contribution in [2.24, 2.45) is 23.7 Å². The first-order valence-electron chi connectivity index (χ1n) is 14.4.